The Balaban J connectivity index is 2.24. The van der Waals surface area contributed by atoms with E-state index in [2.05, 4.69) is 0 Å². The highest BCUT2D eigenvalue weighted by Gasteiger charge is 2.31. The summed E-state index contributed by atoms with van der Waals surface area (Å²) in [6.07, 6.45) is -0.115. The summed E-state index contributed by atoms with van der Waals surface area (Å²) in [5.41, 5.74) is -0.222. The van der Waals surface area contributed by atoms with Gasteiger partial charge in [-0.1, -0.05) is 12.1 Å². The normalized spacial score (nSPS) is 15.2. The minimum atomic E-state index is -5.01. The van der Waals surface area contributed by atoms with Crippen molar-refractivity contribution in [1.29, 1.82) is 0 Å². The third-order valence-corrected chi connectivity index (χ3v) is 2.99. The Hall–Kier alpha value is -1.66. The van der Waals surface area contributed by atoms with Crippen LogP contribution in [-0.2, 0) is 11.2 Å². The van der Waals surface area contributed by atoms with Crippen molar-refractivity contribution in [3.05, 3.63) is 23.8 Å². The number of carbonyl (C=O) groups is 1. The summed E-state index contributed by atoms with van der Waals surface area (Å²) in [4.78, 5) is 13.4. The molecule has 1 heterocycles. The smallest absolute Gasteiger partial charge is 0.445 e. The zero-order valence-corrected chi connectivity index (χ0v) is 11.6. The molecule has 1 aliphatic heterocycles. The molecule has 1 amide bonds. The molecule has 20 heavy (non-hydrogen) atoms. The van der Waals surface area contributed by atoms with Crippen LogP contribution < -0.4 is 10.4 Å². The molecule has 0 radical (unpaired) electrons. The van der Waals surface area contributed by atoms with Gasteiger partial charge in [-0.25, -0.2) is 4.79 Å². The van der Waals surface area contributed by atoms with Gasteiger partial charge in [0.05, 0.1) is 5.69 Å². The SMILES string of the molecule is CC(C)(C)OC(=O)N1CCc2cc([B-](F)(F)F)ccc21. The van der Waals surface area contributed by atoms with Crippen LogP contribution in [0.3, 0.4) is 0 Å². The molecule has 7 heteroatoms. The standard InChI is InChI=1S/C13H16BF3NO2/c1-13(2,3)20-12(19)18-7-6-9-8-10(14(15,16)17)4-5-11(9)18/h4-5,8H,6-7H2,1-3H3/q-1. The first-order valence-corrected chi connectivity index (χ1v) is 6.41. The van der Waals surface area contributed by atoms with Gasteiger partial charge in [0.2, 0.25) is 0 Å². The van der Waals surface area contributed by atoms with Gasteiger partial charge < -0.3 is 17.7 Å². The summed E-state index contributed by atoms with van der Waals surface area (Å²) < 4.78 is 43.3. The summed E-state index contributed by atoms with van der Waals surface area (Å²) in [6.45, 7) is 0.576. The van der Waals surface area contributed by atoms with Gasteiger partial charge in [0.1, 0.15) is 5.60 Å². The molecule has 0 atom stereocenters. The molecule has 0 aliphatic carbocycles. The summed E-state index contributed by atoms with van der Waals surface area (Å²) in [7, 11) is 0. The lowest BCUT2D eigenvalue weighted by molar-refractivity contribution is 0.0584. The fourth-order valence-corrected chi connectivity index (χ4v) is 2.13. The van der Waals surface area contributed by atoms with E-state index in [0.717, 1.165) is 12.1 Å². The number of benzene rings is 1. The number of ether oxygens (including phenoxy) is 1. The number of amides is 1. The molecule has 0 spiro atoms. The van der Waals surface area contributed by atoms with Crippen molar-refractivity contribution in [2.75, 3.05) is 11.4 Å². The van der Waals surface area contributed by atoms with Crippen LogP contribution in [0, 0.1) is 0 Å². The van der Waals surface area contributed by atoms with E-state index in [1.54, 1.807) is 20.8 Å². The van der Waals surface area contributed by atoms with Gasteiger partial charge in [0, 0.05) is 6.54 Å². The van der Waals surface area contributed by atoms with E-state index in [1.807, 2.05) is 0 Å². The van der Waals surface area contributed by atoms with Crippen LogP contribution in [0.2, 0.25) is 0 Å². The Morgan fingerprint density at radius 3 is 2.50 bits per heavy atom. The highest BCUT2D eigenvalue weighted by atomic mass is 19.4. The molecule has 110 valence electrons. The van der Waals surface area contributed by atoms with Crippen molar-refractivity contribution in [2.45, 2.75) is 32.8 Å². The maximum atomic E-state index is 12.7. The van der Waals surface area contributed by atoms with E-state index in [0.29, 0.717) is 24.2 Å². The van der Waals surface area contributed by atoms with Gasteiger partial charge in [-0.05, 0) is 38.8 Å². The zero-order valence-electron chi connectivity index (χ0n) is 11.6. The molecule has 1 aromatic carbocycles. The molecule has 1 aliphatic rings. The van der Waals surface area contributed by atoms with E-state index in [-0.39, 0.29) is 0 Å². The highest BCUT2D eigenvalue weighted by molar-refractivity contribution is 6.73. The lowest BCUT2D eigenvalue weighted by Gasteiger charge is -2.25. The number of carbonyl (C=O) groups excluding carboxylic acids is 1. The molecule has 0 unspecified atom stereocenters. The van der Waals surface area contributed by atoms with Crippen molar-refractivity contribution in [1.82, 2.24) is 0 Å². The van der Waals surface area contributed by atoms with E-state index in [9.17, 15) is 17.7 Å². The molecular weight excluding hydrogens is 270 g/mol. The topological polar surface area (TPSA) is 29.5 Å². The molecule has 0 N–H and O–H groups in total. The molecule has 2 rings (SSSR count). The van der Waals surface area contributed by atoms with Crippen molar-refractivity contribution < 1.29 is 22.5 Å². The Morgan fingerprint density at radius 1 is 1.30 bits per heavy atom. The Labute approximate surface area is 115 Å². The minimum Gasteiger partial charge on any atom is -0.445 e. The highest BCUT2D eigenvalue weighted by Crippen LogP contribution is 2.29. The molecule has 0 fully saturated rings. The number of hydrogen-bond donors (Lipinski definition) is 0. The second kappa shape index (κ2) is 4.72. The van der Waals surface area contributed by atoms with Gasteiger partial charge in [-0.2, -0.15) is 0 Å². The van der Waals surface area contributed by atoms with Gasteiger partial charge in [-0.3, -0.25) is 4.90 Å². The van der Waals surface area contributed by atoms with Crippen LogP contribution in [0.25, 0.3) is 0 Å². The molecule has 0 saturated carbocycles. The van der Waals surface area contributed by atoms with Crippen LogP contribution in [0.5, 0.6) is 0 Å². The third kappa shape index (κ3) is 3.08. The molecule has 0 bridgehead atoms. The molecule has 1 aromatic rings. The van der Waals surface area contributed by atoms with Gasteiger partial charge in [0.15, 0.2) is 0 Å². The zero-order chi connectivity index (χ0) is 15.1. The first-order chi connectivity index (χ1) is 9.08. The van der Waals surface area contributed by atoms with Crippen molar-refractivity contribution >= 4 is 24.2 Å². The number of fused-ring (bicyclic) bond motifs is 1. The Morgan fingerprint density at radius 2 is 1.95 bits per heavy atom. The monoisotopic (exact) mass is 286 g/mol. The summed E-state index contributed by atoms with van der Waals surface area (Å²) >= 11 is 0. The summed E-state index contributed by atoms with van der Waals surface area (Å²) in [5, 5.41) is 0. The summed E-state index contributed by atoms with van der Waals surface area (Å²) in [5.74, 6) is 0. The van der Waals surface area contributed by atoms with E-state index in [1.165, 1.54) is 11.0 Å². The number of rotatable bonds is 1. The summed E-state index contributed by atoms with van der Waals surface area (Å²) in [6, 6.07) is 3.48. The number of halogens is 3. The van der Waals surface area contributed by atoms with Crippen molar-refractivity contribution in [3.63, 3.8) is 0 Å². The Kier molecular flexibility index (Phi) is 3.48. The molecule has 3 nitrogen and oxygen atoms in total. The minimum absolute atomic E-state index is 0.346. The second-order valence-electron chi connectivity index (χ2n) is 5.84. The Bertz CT molecular complexity index is 537. The average Bonchev–Trinajstić information content (AvgIpc) is 2.67. The largest absolute Gasteiger partial charge is 0.509 e. The first kappa shape index (κ1) is 14.7. The van der Waals surface area contributed by atoms with Crippen molar-refractivity contribution in [3.8, 4) is 0 Å². The fourth-order valence-electron chi connectivity index (χ4n) is 2.13. The number of anilines is 1. The lowest BCUT2D eigenvalue weighted by atomic mass is 9.79. The van der Waals surface area contributed by atoms with Crippen LogP contribution in [-0.4, -0.2) is 25.2 Å². The van der Waals surface area contributed by atoms with Gasteiger partial charge >= 0.3 is 13.1 Å². The maximum Gasteiger partial charge on any atom is 0.509 e. The predicted molar refractivity (Wildman–Crippen MR) is 72.4 cm³/mol. The number of hydrogen-bond acceptors (Lipinski definition) is 2. The second-order valence-corrected chi connectivity index (χ2v) is 5.84. The first-order valence-electron chi connectivity index (χ1n) is 6.41. The quantitative estimate of drug-likeness (QED) is 0.743. The predicted octanol–water partition coefficient (Wildman–Crippen LogP) is 3.04. The molecular formula is C13H16BF3NO2-. The van der Waals surface area contributed by atoms with Crippen LogP contribution in [0.15, 0.2) is 18.2 Å². The van der Waals surface area contributed by atoms with Crippen LogP contribution in [0.4, 0.5) is 23.4 Å². The average molecular weight is 286 g/mol. The van der Waals surface area contributed by atoms with Gasteiger partial charge in [0.25, 0.3) is 0 Å². The van der Waals surface area contributed by atoms with E-state index >= 15 is 0 Å². The van der Waals surface area contributed by atoms with Crippen LogP contribution >= 0.6 is 0 Å². The number of nitrogens with zero attached hydrogens (tertiary/aromatic N) is 1. The fraction of sp³-hybridized carbons (Fsp3) is 0.462. The van der Waals surface area contributed by atoms with Crippen molar-refractivity contribution in [2.24, 2.45) is 0 Å². The third-order valence-electron chi connectivity index (χ3n) is 2.99. The maximum absolute atomic E-state index is 12.7. The van der Waals surface area contributed by atoms with Crippen LogP contribution in [0.1, 0.15) is 26.3 Å². The van der Waals surface area contributed by atoms with E-state index < -0.39 is 24.1 Å². The molecule has 0 aromatic heterocycles. The lowest BCUT2D eigenvalue weighted by Crippen LogP contribution is -2.36. The van der Waals surface area contributed by atoms with Gasteiger partial charge in [-0.15, -0.1) is 5.46 Å². The van der Waals surface area contributed by atoms with E-state index in [4.69, 9.17) is 4.74 Å². The molecule has 0 saturated heterocycles.